The maximum absolute atomic E-state index is 12.4. The second-order valence-corrected chi connectivity index (χ2v) is 6.47. The number of aryl methyl sites for hydroxylation is 1. The Balaban J connectivity index is 1.47. The zero-order chi connectivity index (χ0) is 19.2. The van der Waals surface area contributed by atoms with Crippen LogP contribution in [-0.4, -0.2) is 34.7 Å². The minimum absolute atomic E-state index is 0.285. The molecule has 27 heavy (non-hydrogen) atoms. The summed E-state index contributed by atoms with van der Waals surface area (Å²) < 4.78 is 0. The van der Waals surface area contributed by atoms with Crippen molar-refractivity contribution in [1.29, 1.82) is 0 Å². The fraction of sp³-hybridized carbons (Fsp3) is 0.300. The van der Waals surface area contributed by atoms with Gasteiger partial charge in [-0.2, -0.15) is 0 Å². The van der Waals surface area contributed by atoms with Crippen LogP contribution in [0.25, 0.3) is 0 Å². The number of pyridine rings is 1. The Hall–Kier alpha value is -3.22. The van der Waals surface area contributed by atoms with Crippen LogP contribution < -0.4 is 10.6 Å². The first kappa shape index (κ1) is 18.6. The number of nitrogens with one attached hydrogen (secondary N) is 2. The lowest BCUT2D eigenvalue weighted by Gasteiger charge is -2.16. The van der Waals surface area contributed by atoms with Crippen LogP contribution in [0.3, 0.4) is 0 Å². The molecular formula is C20H22N4O3. The number of oxime groups is 1. The van der Waals surface area contributed by atoms with Crippen molar-refractivity contribution in [1.82, 2.24) is 15.6 Å². The molecule has 2 N–H and O–H groups in total. The van der Waals surface area contributed by atoms with Gasteiger partial charge >= 0.3 is 0 Å². The Morgan fingerprint density at radius 1 is 1.22 bits per heavy atom. The number of aromatic nitrogens is 1. The first-order chi connectivity index (χ1) is 13.0. The van der Waals surface area contributed by atoms with Crippen LogP contribution in [0.1, 0.15) is 30.2 Å². The number of rotatable bonds is 6. The normalized spacial score (nSPS) is 16.8. The summed E-state index contributed by atoms with van der Waals surface area (Å²) in [6, 6.07) is 12.7. The molecule has 2 aromatic rings. The zero-order valence-corrected chi connectivity index (χ0v) is 15.3. The number of hydrogen-bond donors (Lipinski definition) is 2. The van der Waals surface area contributed by atoms with E-state index in [0.29, 0.717) is 13.0 Å². The standard InChI is InChI=1S/C20H22N4O3/c1-13-6-8-15(9-7-13)17-11-18(27-24-17)20(26)23-14(2)19(25)22-12-16-5-3-4-10-21-16/h3-10,14,18H,11-12H2,1-2H3,(H,22,25)(H,23,26)/t14-,18+/m0/s1. The third-order valence-electron chi connectivity index (χ3n) is 4.27. The molecule has 1 aliphatic rings. The van der Waals surface area contributed by atoms with E-state index in [9.17, 15) is 9.59 Å². The molecule has 0 aliphatic carbocycles. The third kappa shape index (κ3) is 4.91. The molecule has 0 fully saturated rings. The number of carbonyl (C=O) groups is 2. The van der Waals surface area contributed by atoms with Crippen molar-refractivity contribution in [3.63, 3.8) is 0 Å². The van der Waals surface area contributed by atoms with Crippen LogP contribution in [0.4, 0.5) is 0 Å². The highest BCUT2D eigenvalue weighted by Crippen LogP contribution is 2.17. The number of nitrogens with zero attached hydrogens (tertiary/aromatic N) is 2. The van der Waals surface area contributed by atoms with Crippen molar-refractivity contribution >= 4 is 17.5 Å². The van der Waals surface area contributed by atoms with Crippen LogP contribution >= 0.6 is 0 Å². The Morgan fingerprint density at radius 3 is 2.70 bits per heavy atom. The molecule has 2 amide bonds. The van der Waals surface area contributed by atoms with Crippen molar-refractivity contribution in [3.05, 3.63) is 65.5 Å². The Kier molecular flexibility index (Phi) is 5.80. The molecule has 0 spiro atoms. The maximum Gasteiger partial charge on any atom is 0.264 e. The van der Waals surface area contributed by atoms with E-state index >= 15 is 0 Å². The van der Waals surface area contributed by atoms with Crippen molar-refractivity contribution in [2.45, 2.75) is 39.0 Å². The lowest BCUT2D eigenvalue weighted by Crippen LogP contribution is -2.48. The molecular weight excluding hydrogens is 344 g/mol. The molecule has 0 radical (unpaired) electrons. The predicted molar refractivity (Wildman–Crippen MR) is 101 cm³/mol. The van der Waals surface area contributed by atoms with E-state index in [2.05, 4.69) is 20.8 Å². The van der Waals surface area contributed by atoms with Gasteiger partial charge < -0.3 is 15.5 Å². The van der Waals surface area contributed by atoms with Crippen molar-refractivity contribution < 1.29 is 14.4 Å². The third-order valence-corrected chi connectivity index (χ3v) is 4.27. The van der Waals surface area contributed by atoms with E-state index < -0.39 is 12.1 Å². The van der Waals surface area contributed by atoms with Gasteiger partial charge in [-0.1, -0.05) is 41.1 Å². The molecule has 3 rings (SSSR count). The van der Waals surface area contributed by atoms with Crippen molar-refractivity contribution in [2.75, 3.05) is 0 Å². The topological polar surface area (TPSA) is 92.7 Å². The molecule has 0 saturated carbocycles. The second kappa shape index (κ2) is 8.44. The van der Waals surface area contributed by atoms with E-state index in [0.717, 1.165) is 22.5 Å². The average molecular weight is 366 g/mol. The van der Waals surface area contributed by atoms with Gasteiger partial charge in [0.1, 0.15) is 6.04 Å². The summed E-state index contributed by atoms with van der Waals surface area (Å²) in [6.45, 7) is 3.94. The van der Waals surface area contributed by atoms with Gasteiger partial charge in [-0.3, -0.25) is 14.6 Å². The van der Waals surface area contributed by atoms with E-state index in [1.807, 2.05) is 49.4 Å². The Labute approximate surface area is 157 Å². The summed E-state index contributed by atoms with van der Waals surface area (Å²) in [6.07, 6.45) is 1.31. The fourth-order valence-corrected chi connectivity index (χ4v) is 2.64. The van der Waals surface area contributed by atoms with Gasteiger partial charge in [0.15, 0.2) is 0 Å². The summed E-state index contributed by atoms with van der Waals surface area (Å²) in [5.74, 6) is -0.645. The smallest absolute Gasteiger partial charge is 0.264 e. The van der Waals surface area contributed by atoms with Crippen LogP contribution in [0.15, 0.2) is 53.8 Å². The molecule has 0 unspecified atom stereocenters. The summed E-state index contributed by atoms with van der Waals surface area (Å²) >= 11 is 0. The van der Waals surface area contributed by atoms with Gasteiger partial charge in [0, 0.05) is 12.6 Å². The summed E-state index contributed by atoms with van der Waals surface area (Å²) in [4.78, 5) is 33.9. The van der Waals surface area contributed by atoms with Crippen LogP contribution in [0.5, 0.6) is 0 Å². The lowest BCUT2D eigenvalue weighted by atomic mass is 10.0. The van der Waals surface area contributed by atoms with Crippen LogP contribution in [-0.2, 0) is 21.0 Å². The van der Waals surface area contributed by atoms with Crippen molar-refractivity contribution in [2.24, 2.45) is 5.16 Å². The van der Waals surface area contributed by atoms with E-state index in [4.69, 9.17) is 4.84 Å². The highest BCUT2D eigenvalue weighted by molar-refractivity contribution is 6.04. The lowest BCUT2D eigenvalue weighted by molar-refractivity contribution is -0.135. The summed E-state index contributed by atoms with van der Waals surface area (Å²) in [5.41, 5.74) is 3.55. The SMILES string of the molecule is Cc1ccc(C2=NO[C@@H](C(=O)N[C@@H](C)C(=O)NCc3ccccn3)C2)cc1. The molecule has 7 nitrogen and oxygen atoms in total. The van der Waals surface area contributed by atoms with Gasteiger partial charge in [-0.15, -0.1) is 0 Å². The fourth-order valence-electron chi connectivity index (χ4n) is 2.64. The molecule has 0 bridgehead atoms. The summed E-state index contributed by atoms with van der Waals surface area (Å²) in [5, 5.41) is 9.43. The minimum atomic E-state index is -0.729. The van der Waals surface area contributed by atoms with Gasteiger partial charge in [-0.05, 0) is 31.5 Å². The molecule has 0 saturated heterocycles. The first-order valence-corrected chi connectivity index (χ1v) is 8.80. The number of carbonyl (C=O) groups excluding carboxylic acids is 2. The predicted octanol–water partition coefficient (Wildman–Crippen LogP) is 1.70. The molecule has 140 valence electrons. The molecule has 7 heteroatoms. The molecule has 2 heterocycles. The molecule has 1 aromatic carbocycles. The number of hydrogen-bond acceptors (Lipinski definition) is 5. The highest BCUT2D eigenvalue weighted by atomic mass is 16.6. The first-order valence-electron chi connectivity index (χ1n) is 8.80. The van der Waals surface area contributed by atoms with Crippen LogP contribution in [0.2, 0.25) is 0 Å². The van der Waals surface area contributed by atoms with E-state index in [1.54, 1.807) is 13.1 Å². The Morgan fingerprint density at radius 2 is 2.00 bits per heavy atom. The quantitative estimate of drug-likeness (QED) is 0.814. The second-order valence-electron chi connectivity index (χ2n) is 6.47. The number of benzene rings is 1. The monoisotopic (exact) mass is 366 g/mol. The van der Waals surface area contributed by atoms with E-state index in [1.165, 1.54) is 0 Å². The van der Waals surface area contributed by atoms with Crippen LogP contribution in [0, 0.1) is 6.92 Å². The maximum atomic E-state index is 12.4. The van der Waals surface area contributed by atoms with Gasteiger partial charge in [0.25, 0.3) is 5.91 Å². The van der Waals surface area contributed by atoms with Gasteiger partial charge in [0.05, 0.1) is 18.0 Å². The Bertz CT molecular complexity index is 834. The number of amides is 2. The summed E-state index contributed by atoms with van der Waals surface area (Å²) in [7, 11) is 0. The van der Waals surface area contributed by atoms with Crippen molar-refractivity contribution in [3.8, 4) is 0 Å². The molecule has 1 aromatic heterocycles. The van der Waals surface area contributed by atoms with E-state index in [-0.39, 0.29) is 11.8 Å². The minimum Gasteiger partial charge on any atom is -0.382 e. The molecule has 1 aliphatic heterocycles. The zero-order valence-electron chi connectivity index (χ0n) is 15.3. The largest absolute Gasteiger partial charge is 0.382 e. The van der Waals surface area contributed by atoms with Gasteiger partial charge in [-0.25, -0.2) is 0 Å². The average Bonchev–Trinajstić information content (AvgIpc) is 3.17. The molecule has 2 atom stereocenters. The highest BCUT2D eigenvalue weighted by Gasteiger charge is 2.30. The van der Waals surface area contributed by atoms with Gasteiger partial charge in [0.2, 0.25) is 12.0 Å².